The maximum atomic E-state index is 17.3. The Morgan fingerprint density at radius 3 is 1.88 bits per heavy atom. The Balaban J connectivity index is 1.04. The number of aliphatic imine (C=N–C) groups is 1. The fourth-order valence-electron chi connectivity index (χ4n) is 10.5. The topological polar surface area (TPSA) is 213 Å². The van der Waals surface area contributed by atoms with Crippen LogP contribution in [0.5, 0.6) is 17.2 Å². The van der Waals surface area contributed by atoms with Gasteiger partial charge in [0.2, 0.25) is 23.6 Å². The van der Waals surface area contributed by atoms with Gasteiger partial charge < -0.3 is 53.3 Å². The lowest BCUT2D eigenvalue weighted by molar-refractivity contribution is -0.162. The van der Waals surface area contributed by atoms with Crippen LogP contribution in [0.4, 0.5) is 8.78 Å². The number of esters is 2. The molecular weight excluding hydrogens is 1380 g/mol. The van der Waals surface area contributed by atoms with Gasteiger partial charge in [-0.25, -0.2) is 23.8 Å². The molecule has 4 atom stereocenters. The van der Waals surface area contributed by atoms with Gasteiger partial charge >= 0.3 is 11.9 Å². The Morgan fingerprint density at radius 2 is 1.33 bits per heavy atom. The molecule has 2 N–H and O–H groups in total. The van der Waals surface area contributed by atoms with Crippen molar-refractivity contribution in [3.63, 3.8) is 0 Å². The Bertz CT molecular complexity index is 3800. The number of ether oxygens (including phenoxy) is 9. The summed E-state index contributed by atoms with van der Waals surface area (Å²) in [5.74, 6) is -6.29. The molecular formula is C71H68F2IN5O14S2. The molecule has 2 unspecified atom stereocenters. The van der Waals surface area contributed by atoms with Crippen molar-refractivity contribution in [3.05, 3.63) is 267 Å². The zero-order chi connectivity index (χ0) is 66.5. The summed E-state index contributed by atoms with van der Waals surface area (Å²) in [6.07, 6.45) is 0.00352. The number of amidine groups is 1. The van der Waals surface area contributed by atoms with E-state index in [1.54, 1.807) is 104 Å². The molecule has 10 rings (SSSR count). The number of rotatable bonds is 32. The average Bonchev–Trinajstić information content (AvgIpc) is 0.830. The van der Waals surface area contributed by atoms with Gasteiger partial charge in [-0.05, 0) is 57.2 Å². The molecule has 3 aliphatic rings. The Labute approximate surface area is 569 Å². The van der Waals surface area contributed by atoms with Crippen molar-refractivity contribution in [2.45, 2.75) is 42.2 Å². The van der Waals surface area contributed by atoms with Gasteiger partial charge in [0.15, 0.2) is 36.4 Å². The number of β-lactam (4-membered cyclic amide) rings is 1. The number of nitrogens with zero attached hydrogens (tertiary/aromatic N) is 3. The Kier molecular flexibility index (Phi) is 24.9. The molecule has 0 spiro atoms. The quantitative estimate of drug-likeness (QED) is 0.00586. The summed E-state index contributed by atoms with van der Waals surface area (Å²) < 4.78 is 89.8. The van der Waals surface area contributed by atoms with Gasteiger partial charge in [-0.3, -0.25) is 14.5 Å². The molecule has 0 aromatic heterocycles. The van der Waals surface area contributed by atoms with Crippen LogP contribution in [-0.4, -0.2) is 117 Å². The van der Waals surface area contributed by atoms with E-state index in [1.165, 1.54) is 30.9 Å². The summed E-state index contributed by atoms with van der Waals surface area (Å²) in [4.78, 5) is 71.5. The molecule has 3 heterocycles. The number of benzene rings is 7. The smallest absolute Gasteiger partial charge is 0.355 e. The van der Waals surface area contributed by atoms with Crippen LogP contribution in [0.15, 0.2) is 226 Å². The number of halogens is 3. The van der Waals surface area contributed by atoms with Gasteiger partial charge in [0, 0.05) is 51.8 Å². The second-order valence-corrected chi connectivity index (χ2v) is 24.6. The Hall–Kier alpha value is -8.60. The van der Waals surface area contributed by atoms with Crippen LogP contribution in [0, 0.1) is 11.6 Å². The predicted octanol–water partition coefficient (Wildman–Crippen LogP) is 11.7. The molecule has 494 valence electrons. The van der Waals surface area contributed by atoms with E-state index in [1.807, 2.05) is 97.1 Å². The van der Waals surface area contributed by atoms with Crippen LogP contribution in [0.3, 0.4) is 0 Å². The molecule has 24 heteroatoms. The van der Waals surface area contributed by atoms with Crippen LogP contribution in [0.2, 0.25) is 0 Å². The van der Waals surface area contributed by atoms with Crippen molar-refractivity contribution in [2.75, 3.05) is 71.5 Å². The SMILES string of the molecule is COCCOCOc1cc(C(O/N=S2/C=C(CC(=O)N[C@@H]3C(=O)N4C(C(=O)OCc5ccc(OC)cc5)=C(C=CCI)CS[C@@H]34)NC2=NC(c2ccccc2)(c2ccccc2)c2ccccc2)C(=O)OC(c2ccccc2)c2ccccc2)c(F)c(F)c1OCOCCOC. The van der Waals surface area contributed by atoms with Crippen LogP contribution >= 0.6 is 34.4 Å². The van der Waals surface area contributed by atoms with E-state index in [0.29, 0.717) is 38.2 Å². The third-order valence-corrected chi connectivity index (χ3v) is 18.3. The van der Waals surface area contributed by atoms with Crippen molar-refractivity contribution in [1.29, 1.82) is 0 Å². The average molecular weight is 1440 g/mol. The van der Waals surface area contributed by atoms with Crippen molar-refractivity contribution in [3.8, 4) is 17.2 Å². The first-order chi connectivity index (χ1) is 46.5. The van der Waals surface area contributed by atoms with Gasteiger partial charge in [0.05, 0.1) is 40.0 Å². The zero-order valence-corrected chi connectivity index (χ0v) is 55.7. The van der Waals surface area contributed by atoms with Crippen LogP contribution < -0.4 is 24.8 Å². The molecule has 7 aromatic carbocycles. The van der Waals surface area contributed by atoms with E-state index < -0.39 is 106 Å². The van der Waals surface area contributed by atoms with E-state index in [9.17, 15) is 14.4 Å². The number of hydrogen-bond donors (Lipinski definition) is 2. The van der Waals surface area contributed by atoms with Crippen LogP contribution in [0.25, 0.3) is 0 Å². The molecule has 19 nitrogen and oxygen atoms in total. The number of hydrogen-bond acceptors (Lipinski definition) is 17. The van der Waals surface area contributed by atoms with Crippen molar-refractivity contribution in [2.24, 2.45) is 9.52 Å². The highest BCUT2D eigenvalue weighted by molar-refractivity contribution is 14.1. The largest absolute Gasteiger partial charge is 0.497 e. The third-order valence-electron chi connectivity index (χ3n) is 15.1. The van der Waals surface area contributed by atoms with E-state index in [2.05, 4.69) is 33.2 Å². The zero-order valence-electron chi connectivity index (χ0n) is 51.9. The monoisotopic (exact) mass is 1440 g/mol. The van der Waals surface area contributed by atoms with E-state index in [4.69, 9.17) is 57.0 Å². The molecule has 0 aliphatic carbocycles. The molecule has 3 aliphatic heterocycles. The van der Waals surface area contributed by atoms with Gasteiger partial charge in [-0.1, -0.05) is 203 Å². The molecule has 7 aromatic rings. The normalized spacial score (nSPS) is 16.9. The molecule has 0 saturated carbocycles. The number of amides is 2. The molecule has 0 radical (unpaired) electrons. The fourth-order valence-corrected chi connectivity index (χ4v) is 13.4. The fraction of sp³-hybridized carbons (Fsp3) is 0.254. The second-order valence-electron chi connectivity index (χ2n) is 21.2. The van der Waals surface area contributed by atoms with Gasteiger partial charge in [0.1, 0.15) is 35.0 Å². The number of thioether (sulfide) groups is 1. The van der Waals surface area contributed by atoms with E-state index in [-0.39, 0.29) is 56.0 Å². The van der Waals surface area contributed by atoms with Gasteiger partial charge in [-0.2, -0.15) is 4.39 Å². The lowest BCUT2D eigenvalue weighted by atomic mass is 9.77. The highest BCUT2D eigenvalue weighted by Gasteiger charge is 2.54. The third kappa shape index (κ3) is 16.9. The molecule has 95 heavy (non-hydrogen) atoms. The van der Waals surface area contributed by atoms with Crippen molar-refractivity contribution in [1.82, 2.24) is 15.5 Å². The summed E-state index contributed by atoms with van der Waals surface area (Å²) in [7, 11) is 2.76. The summed E-state index contributed by atoms with van der Waals surface area (Å²) in [6.45, 7) is -0.632. The number of fused-ring (bicyclic) bond motifs is 1. The van der Waals surface area contributed by atoms with Crippen molar-refractivity contribution >= 4 is 74.0 Å². The molecule has 2 amide bonds. The van der Waals surface area contributed by atoms with E-state index >= 15 is 13.6 Å². The minimum atomic E-state index is -2.20. The number of methoxy groups -OCH3 is 3. The van der Waals surface area contributed by atoms with Crippen LogP contribution in [0.1, 0.15) is 57.6 Å². The number of carbonyl (C=O) groups is 4. The first kappa shape index (κ1) is 69.2. The van der Waals surface area contributed by atoms with E-state index in [0.717, 1.165) is 22.8 Å². The van der Waals surface area contributed by atoms with Gasteiger partial charge in [-0.15, -0.1) is 11.8 Å². The standard InChI is InChI=1S/C71H68F2IN5O14S2/c1-84-36-38-87-45-90-57-41-56(59(72)60(73)65(57)91-46-88-39-37-85-2)64(69(83)92-63(48-20-9-4-10-21-48)49-22-11-5-12-23-49)93-78-95-44-54(75-70(95)77-71(51-25-13-6-14-26-51,52-27-15-7-16-28-52)53-29-17-8-18-30-53)40-58(80)76-61-66(81)79-62(50(24-19-35-74)43-94-67(61)79)68(82)89-42-47-31-33-55(86-3)34-32-47/h4-34,41,44,61,63-64,67H,35-40,42-43,45-46H2,1-3H3,(H,75,77)(H,76,80)/t61-,64?,67+,95?/m1/s1. The lowest BCUT2D eigenvalue weighted by Gasteiger charge is -2.49. The predicted molar refractivity (Wildman–Crippen MR) is 363 cm³/mol. The summed E-state index contributed by atoms with van der Waals surface area (Å²) in [5.41, 5.74) is 2.84. The first-order valence-corrected chi connectivity index (χ1v) is 33.8. The minimum Gasteiger partial charge on any atom is -0.497 e. The summed E-state index contributed by atoms with van der Waals surface area (Å²) >= 11 is 3.58. The number of carbonyl (C=O) groups excluding carboxylic acids is 4. The van der Waals surface area contributed by atoms with Gasteiger partial charge in [0.25, 0.3) is 5.91 Å². The van der Waals surface area contributed by atoms with Crippen molar-refractivity contribution < 1.29 is 75.4 Å². The first-order valence-electron chi connectivity index (χ1n) is 30.0. The maximum Gasteiger partial charge on any atom is 0.355 e. The maximum absolute atomic E-state index is 17.3. The number of alkyl halides is 1. The molecule has 1 fully saturated rings. The Morgan fingerprint density at radius 1 is 0.758 bits per heavy atom. The number of nitrogens with one attached hydrogen (secondary N) is 2. The molecule has 1 saturated heterocycles. The highest BCUT2D eigenvalue weighted by atomic mass is 127. The summed E-state index contributed by atoms with van der Waals surface area (Å²) in [6, 6.07) is 53.2. The second kappa shape index (κ2) is 34.2. The minimum absolute atomic E-state index is 0.0521. The van der Waals surface area contributed by atoms with Crippen LogP contribution in [-0.2, 0) is 75.3 Å². The molecule has 0 bridgehead atoms. The number of allylic oxidation sites excluding steroid dienone is 2. The lowest BCUT2D eigenvalue weighted by Crippen LogP contribution is -2.70. The highest BCUT2D eigenvalue weighted by Crippen LogP contribution is 2.44. The summed E-state index contributed by atoms with van der Waals surface area (Å²) in [5, 5.41) is 7.28.